The van der Waals surface area contributed by atoms with Crippen LogP contribution in [0.3, 0.4) is 0 Å². The Morgan fingerprint density at radius 1 is 1.12 bits per heavy atom. The Bertz CT molecular complexity index is 413. The number of esters is 1. The van der Waals surface area contributed by atoms with Crippen molar-refractivity contribution >= 4 is 11.8 Å². The van der Waals surface area contributed by atoms with Gasteiger partial charge in [0.2, 0.25) is 5.78 Å². The van der Waals surface area contributed by atoms with E-state index < -0.39 is 18.0 Å². The van der Waals surface area contributed by atoms with Crippen molar-refractivity contribution in [1.29, 1.82) is 0 Å². The summed E-state index contributed by atoms with van der Waals surface area (Å²) in [6, 6.07) is 6.79. The third-order valence-corrected chi connectivity index (χ3v) is 1.91. The van der Waals surface area contributed by atoms with Crippen molar-refractivity contribution in [1.82, 2.24) is 0 Å². The van der Waals surface area contributed by atoms with E-state index in [0.29, 0.717) is 11.5 Å². The molecule has 0 N–H and O–H groups in total. The molecule has 0 aliphatic rings. The maximum absolute atomic E-state index is 11.2. The summed E-state index contributed by atoms with van der Waals surface area (Å²) >= 11 is 0. The number of rotatable bonds is 5. The van der Waals surface area contributed by atoms with Gasteiger partial charge in [-0.25, -0.2) is 0 Å². The molecule has 0 heterocycles. The third-order valence-electron chi connectivity index (χ3n) is 1.91. The van der Waals surface area contributed by atoms with Crippen molar-refractivity contribution in [3.8, 4) is 11.5 Å². The Kier molecular flexibility index (Phi) is 4.51. The highest BCUT2D eigenvalue weighted by Crippen LogP contribution is 2.27. The number of carbonyl (C=O) groups excluding carboxylic acids is 2. The number of ketones is 1. The summed E-state index contributed by atoms with van der Waals surface area (Å²) in [4.78, 5) is 22.1. The Labute approximate surface area is 99.3 Å². The van der Waals surface area contributed by atoms with Crippen LogP contribution in [-0.4, -0.2) is 25.2 Å². The molecule has 5 heteroatoms. The molecule has 0 aliphatic heterocycles. The fourth-order valence-electron chi connectivity index (χ4n) is 1.17. The molecule has 1 aromatic carbocycles. The molecule has 0 saturated heterocycles. The van der Waals surface area contributed by atoms with Crippen molar-refractivity contribution in [2.24, 2.45) is 0 Å². The lowest BCUT2D eigenvalue weighted by Crippen LogP contribution is -2.30. The average molecular weight is 238 g/mol. The zero-order valence-corrected chi connectivity index (χ0v) is 9.93. The molecule has 0 fully saturated rings. The lowest BCUT2D eigenvalue weighted by Gasteiger charge is -2.17. The summed E-state index contributed by atoms with van der Waals surface area (Å²) in [5.41, 5.74) is 0. The molecular weight excluding hydrogens is 224 g/mol. The van der Waals surface area contributed by atoms with Gasteiger partial charge in [0.15, 0.2) is 11.5 Å². The molecule has 5 nitrogen and oxygen atoms in total. The highest BCUT2D eigenvalue weighted by Gasteiger charge is 2.20. The molecule has 0 radical (unpaired) electrons. The Morgan fingerprint density at radius 2 is 1.71 bits per heavy atom. The highest BCUT2D eigenvalue weighted by molar-refractivity contribution is 5.82. The summed E-state index contributed by atoms with van der Waals surface area (Å²) in [5, 5.41) is 0. The minimum absolute atomic E-state index is 0.344. The number of Topliss-reactive ketones (excluding diaryl/α,β-unsaturated/α-hetero) is 1. The van der Waals surface area contributed by atoms with Gasteiger partial charge in [0, 0.05) is 13.8 Å². The van der Waals surface area contributed by atoms with Gasteiger partial charge >= 0.3 is 12.3 Å². The predicted molar refractivity (Wildman–Crippen MR) is 59.9 cm³/mol. The molecule has 0 saturated carbocycles. The number of ether oxygens (including phenoxy) is 3. The molecule has 1 aromatic rings. The van der Waals surface area contributed by atoms with Crippen molar-refractivity contribution < 1.29 is 23.8 Å². The molecule has 1 unspecified atom stereocenters. The first kappa shape index (κ1) is 13.0. The zero-order chi connectivity index (χ0) is 12.8. The number of hydrogen-bond acceptors (Lipinski definition) is 5. The maximum Gasteiger partial charge on any atom is 0.306 e. The van der Waals surface area contributed by atoms with Crippen LogP contribution in [0.25, 0.3) is 0 Å². The number of methoxy groups -OCH3 is 1. The first-order valence-corrected chi connectivity index (χ1v) is 5.02. The standard InChI is InChI=1S/C12H14O5/c1-8(13)12(16-9(2)14)17-11-7-5-4-6-10(11)15-3/h4-7,12H,1-3H3. The molecule has 92 valence electrons. The van der Waals surface area contributed by atoms with Crippen LogP contribution in [0.2, 0.25) is 0 Å². The monoisotopic (exact) mass is 238 g/mol. The van der Waals surface area contributed by atoms with E-state index in [4.69, 9.17) is 14.2 Å². The summed E-state index contributed by atoms with van der Waals surface area (Å²) in [6.07, 6.45) is -1.25. The second-order valence-electron chi connectivity index (χ2n) is 3.32. The Hall–Kier alpha value is -2.04. The molecule has 1 rings (SSSR count). The molecule has 17 heavy (non-hydrogen) atoms. The minimum atomic E-state index is -1.25. The first-order chi connectivity index (χ1) is 8.04. The van der Waals surface area contributed by atoms with Crippen LogP contribution >= 0.6 is 0 Å². The largest absolute Gasteiger partial charge is 0.493 e. The third kappa shape index (κ3) is 3.79. The highest BCUT2D eigenvalue weighted by atomic mass is 16.7. The van der Waals surface area contributed by atoms with E-state index in [9.17, 15) is 9.59 Å². The molecule has 0 spiro atoms. The maximum atomic E-state index is 11.2. The summed E-state index contributed by atoms with van der Waals surface area (Å²) in [6.45, 7) is 2.49. The van der Waals surface area contributed by atoms with E-state index in [-0.39, 0.29) is 0 Å². The molecule has 0 aliphatic carbocycles. The zero-order valence-electron chi connectivity index (χ0n) is 9.93. The minimum Gasteiger partial charge on any atom is -0.493 e. The van der Waals surface area contributed by atoms with Crippen molar-refractivity contribution in [3.05, 3.63) is 24.3 Å². The second-order valence-corrected chi connectivity index (χ2v) is 3.32. The predicted octanol–water partition coefficient (Wildman–Crippen LogP) is 1.55. The molecule has 0 amide bonds. The van der Waals surface area contributed by atoms with Gasteiger partial charge in [0.1, 0.15) is 0 Å². The van der Waals surface area contributed by atoms with Crippen molar-refractivity contribution in [2.45, 2.75) is 20.1 Å². The van der Waals surface area contributed by atoms with Crippen LogP contribution in [0.5, 0.6) is 11.5 Å². The second kappa shape index (κ2) is 5.89. The Morgan fingerprint density at radius 3 is 2.18 bits per heavy atom. The first-order valence-electron chi connectivity index (χ1n) is 5.02. The topological polar surface area (TPSA) is 61.8 Å². The van der Waals surface area contributed by atoms with Crippen LogP contribution in [0.15, 0.2) is 24.3 Å². The van der Waals surface area contributed by atoms with E-state index in [1.807, 2.05) is 0 Å². The fraction of sp³-hybridized carbons (Fsp3) is 0.333. The van der Waals surface area contributed by atoms with Gasteiger partial charge in [0.25, 0.3) is 0 Å². The smallest absolute Gasteiger partial charge is 0.306 e. The van der Waals surface area contributed by atoms with Gasteiger partial charge in [0.05, 0.1) is 7.11 Å². The number of hydrogen-bond donors (Lipinski definition) is 0. The average Bonchev–Trinajstić information content (AvgIpc) is 2.28. The van der Waals surface area contributed by atoms with Crippen LogP contribution < -0.4 is 9.47 Å². The summed E-state index contributed by atoms with van der Waals surface area (Å²) < 4.78 is 15.1. The number of carbonyl (C=O) groups is 2. The summed E-state index contributed by atoms with van der Waals surface area (Å²) in [5.74, 6) is -0.173. The quantitative estimate of drug-likeness (QED) is 0.575. The number of para-hydroxylation sites is 2. The van der Waals surface area contributed by atoms with E-state index >= 15 is 0 Å². The summed E-state index contributed by atoms with van der Waals surface area (Å²) in [7, 11) is 1.48. The molecular formula is C12H14O5. The van der Waals surface area contributed by atoms with E-state index in [2.05, 4.69) is 0 Å². The van der Waals surface area contributed by atoms with Crippen LogP contribution in [-0.2, 0) is 14.3 Å². The normalized spacial score (nSPS) is 11.5. The fourth-order valence-corrected chi connectivity index (χ4v) is 1.17. The van der Waals surface area contributed by atoms with Gasteiger partial charge in [-0.15, -0.1) is 0 Å². The van der Waals surface area contributed by atoms with E-state index in [1.165, 1.54) is 21.0 Å². The molecule has 1 atom stereocenters. The Balaban J connectivity index is 2.85. The molecule has 0 aromatic heterocycles. The van der Waals surface area contributed by atoms with E-state index in [1.54, 1.807) is 24.3 Å². The van der Waals surface area contributed by atoms with Gasteiger partial charge in [-0.2, -0.15) is 0 Å². The lowest BCUT2D eigenvalue weighted by atomic mass is 10.3. The van der Waals surface area contributed by atoms with Gasteiger partial charge < -0.3 is 14.2 Å². The van der Waals surface area contributed by atoms with Crippen molar-refractivity contribution in [3.63, 3.8) is 0 Å². The van der Waals surface area contributed by atoms with E-state index in [0.717, 1.165) is 0 Å². The van der Waals surface area contributed by atoms with Gasteiger partial charge in [-0.05, 0) is 12.1 Å². The number of benzene rings is 1. The SMILES string of the molecule is COc1ccccc1OC(OC(C)=O)C(C)=O. The van der Waals surface area contributed by atoms with Crippen LogP contribution in [0.1, 0.15) is 13.8 Å². The van der Waals surface area contributed by atoms with Gasteiger partial charge in [-0.1, -0.05) is 12.1 Å². The lowest BCUT2D eigenvalue weighted by molar-refractivity contribution is -0.168. The molecule has 0 bridgehead atoms. The van der Waals surface area contributed by atoms with Crippen molar-refractivity contribution in [2.75, 3.05) is 7.11 Å². The van der Waals surface area contributed by atoms with Crippen LogP contribution in [0.4, 0.5) is 0 Å². The van der Waals surface area contributed by atoms with Gasteiger partial charge in [-0.3, -0.25) is 9.59 Å². The van der Waals surface area contributed by atoms with Crippen LogP contribution in [0, 0.1) is 0 Å².